The zero-order chi connectivity index (χ0) is 15.1. The number of unbranched alkanes of at least 4 members (excludes halogenated alkanes) is 1. The first-order valence-corrected chi connectivity index (χ1v) is 9.11. The average Bonchev–Trinajstić information content (AvgIpc) is 2.52. The predicted molar refractivity (Wildman–Crippen MR) is 88.3 cm³/mol. The highest BCUT2D eigenvalue weighted by Crippen LogP contribution is 2.28. The normalized spacial score (nSPS) is 22.4. The molecule has 0 unspecified atom stereocenters. The second-order valence-corrected chi connectivity index (χ2v) is 7.29. The lowest BCUT2D eigenvalue weighted by Gasteiger charge is -2.35. The zero-order valence-electron chi connectivity index (χ0n) is 14.1. The molecule has 0 aromatic carbocycles. The summed E-state index contributed by atoms with van der Waals surface area (Å²) in [6, 6.07) is 0.479. The van der Waals surface area contributed by atoms with Crippen LogP contribution in [0.1, 0.15) is 70.6 Å². The Morgan fingerprint density at radius 2 is 1.71 bits per heavy atom. The fourth-order valence-electron chi connectivity index (χ4n) is 3.95. The van der Waals surface area contributed by atoms with Crippen molar-refractivity contribution < 1.29 is 4.79 Å². The summed E-state index contributed by atoms with van der Waals surface area (Å²) in [5.74, 6) is 1.33. The van der Waals surface area contributed by atoms with Crippen LogP contribution in [-0.2, 0) is 4.79 Å². The molecular weight excluding hydrogens is 260 g/mol. The predicted octanol–water partition coefficient (Wildman–Crippen LogP) is 3.68. The van der Waals surface area contributed by atoms with Gasteiger partial charge in [-0.05, 0) is 45.3 Å². The van der Waals surface area contributed by atoms with Gasteiger partial charge in [-0.15, -0.1) is 0 Å². The quantitative estimate of drug-likeness (QED) is 0.698. The molecule has 2 fully saturated rings. The van der Waals surface area contributed by atoms with E-state index < -0.39 is 0 Å². The minimum atomic E-state index is 0.369. The molecule has 122 valence electrons. The van der Waals surface area contributed by atoms with E-state index in [0.717, 1.165) is 44.7 Å². The summed E-state index contributed by atoms with van der Waals surface area (Å²) in [6.45, 7) is 2.26. The fraction of sp³-hybridized carbons (Fsp3) is 0.944. The van der Waals surface area contributed by atoms with E-state index in [1.807, 2.05) is 11.9 Å². The van der Waals surface area contributed by atoms with Crippen molar-refractivity contribution in [2.75, 3.05) is 27.2 Å². The summed E-state index contributed by atoms with van der Waals surface area (Å²) in [5, 5.41) is 0. The Morgan fingerprint density at radius 3 is 2.38 bits per heavy atom. The van der Waals surface area contributed by atoms with Gasteiger partial charge >= 0.3 is 0 Å². The number of piperidine rings is 1. The minimum absolute atomic E-state index is 0.369. The Kier molecular flexibility index (Phi) is 7.01. The van der Waals surface area contributed by atoms with Crippen LogP contribution in [0.25, 0.3) is 0 Å². The zero-order valence-corrected chi connectivity index (χ0v) is 14.1. The van der Waals surface area contributed by atoms with Gasteiger partial charge in [0.05, 0.1) is 0 Å². The Bertz CT molecular complexity index is 304. The molecule has 3 heteroatoms. The lowest BCUT2D eigenvalue weighted by atomic mass is 9.85. The number of rotatable bonds is 6. The van der Waals surface area contributed by atoms with Gasteiger partial charge in [0.2, 0.25) is 5.91 Å². The monoisotopic (exact) mass is 294 g/mol. The van der Waals surface area contributed by atoms with Crippen LogP contribution < -0.4 is 0 Å². The van der Waals surface area contributed by atoms with E-state index >= 15 is 0 Å². The summed E-state index contributed by atoms with van der Waals surface area (Å²) >= 11 is 0. The SMILES string of the molecule is CN1CCC(N(C)C(=O)CCCCC2CCCCC2)CC1. The summed E-state index contributed by atoms with van der Waals surface area (Å²) in [4.78, 5) is 16.7. The number of likely N-dealkylation sites (tertiary alicyclic amines) is 1. The van der Waals surface area contributed by atoms with Gasteiger partial charge in [0.25, 0.3) is 0 Å². The van der Waals surface area contributed by atoms with Crippen molar-refractivity contribution in [3.8, 4) is 0 Å². The molecule has 21 heavy (non-hydrogen) atoms. The van der Waals surface area contributed by atoms with Crippen LogP contribution in [0, 0.1) is 5.92 Å². The van der Waals surface area contributed by atoms with Gasteiger partial charge in [-0.1, -0.05) is 44.9 Å². The lowest BCUT2D eigenvalue weighted by molar-refractivity contribution is -0.132. The van der Waals surface area contributed by atoms with E-state index in [4.69, 9.17) is 0 Å². The molecule has 1 aliphatic heterocycles. The molecule has 0 aromatic rings. The average molecular weight is 294 g/mol. The van der Waals surface area contributed by atoms with Gasteiger partial charge < -0.3 is 9.80 Å². The van der Waals surface area contributed by atoms with Crippen molar-refractivity contribution in [3.63, 3.8) is 0 Å². The third-order valence-electron chi connectivity index (χ3n) is 5.61. The number of amides is 1. The number of carbonyl (C=O) groups is 1. The molecule has 2 aliphatic rings. The minimum Gasteiger partial charge on any atom is -0.343 e. The van der Waals surface area contributed by atoms with Gasteiger partial charge in [-0.25, -0.2) is 0 Å². The smallest absolute Gasteiger partial charge is 0.222 e. The summed E-state index contributed by atoms with van der Waals surface area (Å²) in [6.07, 6.45) is 13.9. The molecule has 0 atom stereocenters. The molecule has 1 aliphatic carbocycles. The van der Waals surface area contributed by atoms with Crippen LogP contribution in [0.4, 0.5) is 0 Å². The van der Waals surface area contributed by atoms with E-state index in [1.54, 1.807) is 0 Å². The molecule has 0 radical (unpaired) electrons. The Labute approximate surface area is 131 Å². The van der Waals surface area contributed by atoms with Crippen molar-refractivity contribution in [2.24, 2.45) is 5.92 Å². The molecule has 1 saturated heterocycles. The molecule has 0 spiro atoms. The standard InChI is InChI=1S/C18H34N2O/c1-19-14-12-17(13-15-19)20(2)18(21)11-7-6-10-16-8-4-3-5-9-16/h16-17H,3-15H2,1-2H3. The number of carbonyl (C=O) groups excluding carboxylic acids is 1. The number of hydrogen-bond acceptors (Lipinski definition) is 2. The van der Waals surface area contributed by atoms with Gasteiger partial charge in [-0.2, -0.15) is 0 Å². The summed E-state index contributed by atoms with van der Waals surface area (Å²) in [7, 11) is 4.18. The van der Waals surface area contributed by atoms with Gasteiger partial charge in [0, 0.05) is 19.5 Å². The fourth-order valence-corrected chi connectivity index (χ4v) is 3.95. The van der Waals surface area contributed by atoms with Crippen molar-refractivity contribution in [3.05, 3.63) is 0 Å². The maximum absolute atomic E-state index is 12.3. The highest BCUT2D eigenvalue weighted by atomic mass is 16.2. The third kappa shape index (κ3) is 5.61. The summed E-state index contributed by atoms with van der Waals surface area (Å²) in [5.41, 5.74) is 0. The first-order valence-electron chi connectivity index (χ1n) is 9.11. The maximum Gasteiger partial charge on any atom is 0.222 e. The Morgan fingerprint density at radius 1 is 1.05 bits per heavy atom. The van der Waals surface area contributed by atoms with Crippen molar-refractivity contribution in [1.29, 1.82) is 0 Å². The molecule has 3 nitrogen and oxygen atoms in total. The van der Waals surface area contributed by atoms with E-state index in [0.29, 0.717) is 11.9 Å². The van der Waals surface area contributed by atoms with Crippen LogP contribution in [0.2, 0.25) is 0 Å². The molecule has 0 aromatic heterocycles. The topological polar surface area (TPSA) is 23.6 Å². The second-order valence-electron chi connectivity index (χ2n) is 7.29. The highest BCUT2D eigenvalue weighted by molar-refractivity contribution is 5.76. The second kappa shape index (κ2) is 8.77. The molecule has 1 heterocycles. The van der Waals surface area contributed by atoms with Gasteiger partial charge in [-0.3, -0.25) is 4.79 Å². The largest absolute Gasteiger partial charge is 0.343 e. The van der Waals surface area contributed by atoms with Crippen LogP contribution in [0.5, 0.6) is 0 Å². The summed E-state index contributed by atoms with van der Waals surface area (Å²) < 4.78 is 0. The van der Waals surface area contributed by atoms with Crippen molar-refractivity contribution >= 4 is 5.91 Å². The van der Waals surface area contributed by atoms with Gasteiger partial charge in [0.15, 0.2) is 0 Å². The molecule has 0 N–H and O–H groups in total. The molecule has 2 rings (SSSR count). The molecule has 0 bridgehead atoms. The third-order valence-corrected chi connectivity index (χ3v) is 5.61. The van der Waals surface area contributed by atoms with Crippen LogP contribution in [0.3, 0.4) is 0 Å². The maximum atomic E-state index is 12.3. The van der Waals surface area contributed by atoms with E-state index in [1.165, 1.54) is 44.9 Å². The Balaban J connectivity index is 1.57. The van der Waals surface area contributed by atoms with Gasteiger partial charge in [0.1, 0.15) is 0 Å². The van der Waals surface area contributed by atoms with E-state index in [2.05, 4.69) is 11.9 Å². The first kappa shape index (κ1) is 16.8. The molecule has 1 saturated carbocycles. The van der Waals surface area contributed by atoms with Crippen molar-refractivity contribution in [1.82, 2.24) is 9.80 Å². The van der Waals surface area contributed by atoms with E-state index in [-0.39, 0.29) is 0 Å². The number of hydrogen-bond donors (Lipinski definition) is 0. The molecular formula is C18H34N2O. The first-order chi connectivity index (χ1) is 10.2. The number of nitrogens with zero attached hydrogens (tertiary/aromatic N) is 2. The van der Waals surface area contributed by atoms with Crippen molar-refractivity contribution in [2.45, 2.75) is 76.7 Å². The van der Waals surface area contributed by atoms with Crippen LogP contribution >= 0.6 is 0 Å². The Hall–Kier alpha value is -0.570. The van der Waals surface area contributed by atoms with Crippen LogP contribution in [0.15, 0.2) is 0 Å². The van der Waals surface area contributed by atoms with E-state index in [9.17, 15) is 4.79 Å². The van der Waals surface area contributed by atoms with Crippen LogP contribution in [-0.4, -0.2) is 48.9 Å². The lowest BCUT2D eigenvalue weighted by Crippen LogP contribution is -2.44. The molecule has 1 amide bonds. The highest BCUT2D eigenvalue weighted by Gasteiger charge is 2.23.